The molecule has 2 aromatic carbocycles. The minimum absolute atomic E-state index is 0.250. The Balaban J connectivity index is 0.000000469. The molecule has 1 atom stereocenters. The van der Waals surface area contributed by atoms with Gasteiger partial charge in [0.1, 0.15) is 11.4 Å². The van der Waals surface area contributed by atoms with Crippen molar-refractivity contribution in [1.29, 1.82) is 5.26 Å². The Hall–Kier alpha value is -3.28. The van der Waals surface area contributed by atoms with Crippen LogP contribution in [0.15, 0.2) is 42.5 Å². The van der Waals surface area contributed by atoms with Crippen LogP contribution in [0.5, 0.6) is 0 Å². The zero-order valence-electron chi connectivity index (χ0n) is 16.8. The van der Waals surface area contributed by atoms with Gasteiger partial charge >= 0.3 is 11.9 Å². The molecule has 1 heterocycles. The van der Waals surface area contributed by atoms with E-state index in [0.717, 1.165) is 24.1 Å². The second-order valence-electron chi connectivity index (χ2n) is 7.10. The first-order chi connectivity index (χ1) is 14.2. The Labute approximate surface area is 173 Å². The summed E-state index contributed by atoms with van der Waals surface area (Å²) in [7, 11) is 4.05. The van der Waals surface area contributed by atoms with Gasteiger partial charge in [0.2, 0.25) is 0 Å². The van der Waals surface area contributed by atoms with E-state index in [4.69, 9.17) is 29.8 Å². The fourth-order valence-electron chi connectivity index (χ4n) is 3.45. The second-order valence-corrected chi connectivity index (χ2v) is 7.10. The van der Waals surface area contributed by atoms with E-state index < -0.39 is 17.5 Å². The van der Waals surface area contributed by atoms with Gasteiger partial charge in [-0.15, -0.1) is 0 Å². The molecule has 0 fully saturated rings. The van der Waals surface area contributed by atoms with Gasteiger partial charge in [0.15, 0.2) is 0 Å². The van der Waals surface area contributed by atoms with Crippen LogP contribution in [0.25, 0.3) is 0 Å². The summed E-state index contributed by atoms with van der Waals surface area (Å²) in [6.07, 6.45) is 1.59. The highest BCUT2D eigenvalue weighted by Crippen LogP contribution is 2.46. The molecule has 1 aliphatic heterocycles. The number of halogens is 1. The molecule has 0 spiro atoms. The van der Waals surface area contributed by atoms with Crippen LogP contribution >= 0.6 is 0 Å². The predicted octanol–water partition coefficient (Wildman–Crippen LogP) is 2.97. The molecule has 3 rings (SSSR count). The van der Waals surface area contributed by atoms with Gasteiger partial charge in [-0.1, -0.05) is 24.3 Å². The zero-order valence-corrected chi connectivity index (χ0v) is 16.8. The first-order valence-electron chi connectivity index (χ1n) is 9.24. The molecule has 0 saturated heterocycles. The predicted molar refractivity (Wildman–Crippen MR) is 106 cm³/mol. The van der Waals surface area contributed by atoms with E-state index in [1.54, 1.807) is 18.2 Å². The van der Waals surface area contributed by atoms with Gasteiger partial charge in [-0.05, 0) is 62.8 Å². The average Bonchev–Trinajstić information content (AvgIpc) is 3.07. The zero-order chi connectivity index (χ0) is 22.3. The second kappa shape index (κ2) is 9.96. The molecular formula is C22H23FN2O5. The third kappa shape index (κ3) is 5.20. The molecule has 0 bridgehead atoms. The van der Waals surface area contributed by atoms with E-state index in [2.05, 4.69) is 11.0 Å². The van der Waals surface area contributed by atoms with Crippen molar-refractivity contribution in [3.63, 3.8) is 0 Å². The number of carboxylic acid groups (broad SMARTS) is 2. The summed E-state index contributed by atoms with van der Waals surface area (Å²) >= 11 is 0. The average molecular weight is 414 g/mol. The number of aliphatic carboxylic acids is 2. The van der Waals surface area contributed by atoms with E-state index in [0.29, 0.717) is 24.2 Å². The van der Waals surface area contributed by atoms with Crippen molar-refractivity contribution in [1.82, 2.24) is 4.90 Å². The number of ether oxygens (including phenoxy) is 1. The fourth-order valence-corrected chi connectivity index (χ4v) is 3.45. The summed E-state index contributed by atoms with van der Waals surface area (Å²) in [6.45, 7) is 1.31. The molecule has 0 aliphatic carbocycles. The normalized spacial score (nSPS) is 16.9. The quantitative estimate of drug-likeness (QED) is 0.724. The molecule has 8 heteroatoms. The van der Waals surface area contributed by atoms with Gasteiger partial charge < -0.3 is 19.8 Å². The van der Waals surface area contributed by atoms with Gasteiger partial charge in [0.25, 0.3) is 0 Å². The van der Waals surface area contributed by atoms with E-state index in [1.165, 1.54) is 6.07 Å². The van der Waals surface area contributed by atoms with Crippen LogP contribution in [0.1, 0.15) is 35.1 Å². The van der Waals surface area contributed by atoms with Gasteiger partial charge in [0.05, 0.1) is 18.2 Å². The molecule has 0 unspecified atom stereocenters. The van der Waals surface area contributed by atoms with Crippen LogP contribution in [-0.2, 0) is 26.5 Å². The maximum absolute atomic E-state index is 14.6. The Morgan fingerprint density at radius 3 is 2.40 bits per heavy atom. The minimum Gasteiger partial charge on any atom is -0.473 e. The van der Waals surface area contributed by atoms with E-state index >= 15 is 0 Å². The smallest absolute Gasteiger partial charge is 0.414 e. The summed E-state index contributed by atoms with van der Waals surface area (Å²) in [4.78, 5) is 20.3. The SMILES string of the molecule is CN(C)CCC[C@]1(c2ccccc2F)OCc2cc(C#N)ccc21.O=C(O)C(=O)O. The number of nitriles is 1. The van der Waals surface area contributed by atoms with Crippen molar-refractivity contribution in [3.8, 4) is 6.07 Å². The molecule has 0 aromatic heterocycles. The summed E-state index contributed by atoms with van der Waals surface area (Å²) in [5, 5.41) is 23.9. The third-order valence-electron chi connectivity index (χ3n) is 4.77. The monoisotopic (exact) mass is 414 g/mol. The van der Waals surface area contributed by atoms with Gasteiger partial charge in [-0.3, -0.25) is 0 Å². The largest absolute Gasteiger partial charge is 0.473 e. The Morgan fingerprint density at radius 1 is 1.17 bits per heavy atom. The van der Waals surface area contributed by atoms with Crippen molar-refractivity contribution in [3.05, 3.63) is 70.5 Å². The highest BCUT2D eigenvalue weighted by atomic mass is 19.1. The molecule has 158 valence electrons. The Kier molecular flexibility index (Phi) is 7.64. The number of carbonyl (C=O) groups is 2. The number of carboxylic acids is 2. The van der Waals surface area contributed by atoms with Gasteiger partial charge in [-0.25, -0.2) is 14.0 Å². The van der Waals surface area contributed by atoms with Crippen LogP contribution < -0.4 is 0 Å². The summed E-state index contributed by atoms with van der Waals surface area (Å²) in [6, 6.07) is 14.5. The lowest BCUT2D eigenvalue weighted by molar-refractivity contribution is -0.159. The van der Waals surface area contributed by atoms with E-state index in [-0.39, 0.29) is 5.82 Å². The van der Waals surface area contributed by atoms with Crippen LogP contribution in [0.4, 0.5) is 4.39 Å². The van der Waals surface area contributed by atoms with Crippen molar-refractivity contribution in [2.75, 3.05) is 20.6 Å². The maximum Gasteiger partial charge on any atom is 0.414 e. The molecule has 0 radical (unpaired) electrons. The first kappa shape index (κ1) is 23.0. The molecule has 1 aliphatic rings. The highest BCUT2D eigenvalue weighted by Gasteiger charge is 2.43. The standard InChI is InChI=1S/C20H21FN2O.C2H2O4/c1-23(2)11-5-10-20(18-6-3-4-7-19(18)21)17-9-8-15(13-22)12-16(17)14-24-20;3-1(4)2(5)6/h3-4,6-9,12H,5,10-11,14H2,1-2H3;(H,3,4)(H,5,6)/t20-;/m0./s1. The van der Waals surface area contributed by atoms with Crippen LogP contribution in [-0.4, -0.2) is 47.7 Å². The number of benzene rings is 2. The molecule has 0 saturated carbocycles. The van der Waals surface area contributed by atoms with Crippen LogP contribution in [0.3, 0.4) is 0 Å². The Bertz CT molecular complexity index is 958. The molecular weight excluding hydrogens is 391 g/mol. The molecule has 7 nitrogen and oxygen atoms in total. The first-order valence-corrected chi connectivity index (χ1v) is 9.24. The highest BCUT2D eigenvalue weighted by molar-refractivity contribution is 6.27. The Morgan fingerprint density at radius 2 is 1.83 bits per heavy atom. The van der Waals surface area contributed by atoms with Gasteiger partial charge in [0, 0.05) is 5.56 Å². The number of hydrogen-bond donors (Lipinski definition) is 2. The van der Waals surface area contributed by atoms with Crippen molar-refractivity contribution in [2.24, 2.45) is 0 Å². The van der Waals surface area contributed by atoms with Crippen molar-refractivity contribution < 1.29 is 28.9 Å². The topological polar surface area (TPSA) is 111 Å². The summed E-state index contributed by atoms with van der Waals surface area (Å²) in [5.74, 6) is -3.90. The van der Waals surface area contributed by atoms with Crippen LogP contribution in [0, 0.1) is 17.1 Å². The fraction of sp³-hybridized carbons (Fsp3) is 0.318. The van der Waals surface area contributed by atoms with Crippen molar-refractivity contribution in [2.45, 2.75) is 25.0 Å². The lowest BCUT2D eigenvalue weighted by Gasteiger charge is -2.31. The molecule has 0 amide bonds. The lowest BCUT2D eigenvalue weighted by Crippen LogP contribution is -2.29. The molecule has 30 heavy (non-hydrogen) atoms. The molecule has 2 aromatic rings. The molecule has 2 N–H and O–H groups in total. The van der Waals surface area contributed by atoms with Crippen molar-refractivity contribution >= 4 is 11.9 Å². The van der Waals surface area contributed by atoms with E-state index in [9.17, 15) is 4.39 Å². The number of hydrogen-bond acceptors (Lipinski definition) is 5. The maximum atomic E-state index is 14.6. The summed E-state index contributed by atoms with van der Waals surface area (Å²) < 4.78 is 20.8. The summed E-state index contributed by atoms with van der Waals surface area (Å²) in [5.41, 5.74) is 2.36. The lowest BCUT2D eigenvalue weighted by atomic mass is 9.81. The van der Waals surface area contributed by atoms with Crippen LogP contribution in [0.2, 0.25) is 0 Å². The number of fused-ring (bicyclic) bond motifs is 1. The van der Waals surface area contributed by atoms with Gasteiger partial charge in [-0.2, -0.15) is 5.26 Å². The van der Waals surface area contributed by atoms with E-state index in [1.807, 2.05) is 32.3 Å². The number of nitrogens with zero attached hydrogens (tertiary/aromatic N) is 2. The minimum atomic E-state index is -1.82. The number of rotatable bonds is 5. The third-order valence-corrected chi connectivity index (χ3v) is 4.77.